The van der Waals surface area contributed by atoms with E-state index < -0.39 is 28.1 Å². The monoisotopic (exact) mass is 520 g/mol. The number of hydrogen-bond donors (Lipinski definition) is 1. The van der Waals surface area contributed by atoms with Gasteiger partial charge in [-0.1, -0.05) is 49.7 Å². The number of nitrogens with one attached hydrogen (secondary N) is 1. The standard InChI is InChI=1S/C27H28N4O5S/c1-2-7-21(29-26(33)20-12-11-18-8-3-4-9-19(18)16-20)27(34)30-15-13-22-25(30)23(32)17-31(22)37(35,36)24-10-5-6-14-28-24/h3-6,8-12,14,16,21-22,25H,2,7,13,15,17H2,1H3,(H,29,33). The van der Waals surface area contributed by atoms with E-state index in [1.54, 1.807) is 24.3 Å². The number of hydrogen-bond acceptors (Lipinski definition) is 6. The highest BCUT2D eigenvalue weighted by molar-refractivity contribution is 7.89. The Bertz CT molecular complexity index is 1460. The summed E-state index contributed by atoms with van der Waals surface area (Å²) in [6.07, 6.45) is 2.77. The molecule has 0 radical (unpaired) electrons. The summed E-state index contributed by atoms with van der Waals surface area (Å²) >= 11 is 0. The molecule has 0 saturated carbocycles. The molecule has 0 aliphatic carbocycles. The molecule has 3 heterocycles. The third-order valence-electron chi connectivity index (χ3n) is 7.06. The molecule has 0 spiro atoms. The van der Waals surface area contributed by atoms with Gasteiger partial charge < -0.3 is 10.2 Å². The van der Waals surface area contributed by atoms with Gasteiger partial charge in [-0.05, 0) is 47.9 Å². The normalized spacial score (nSPS) is 20.7. The first-order valence-electron chi connectivity index (χ1n) is 12.4. The lowest BCUT2D eigenvalue weighted by atomic mass is 10.0. The van der Waals surface area contributed by atoms with Crippen LogP contribution in [0.3, 0.4) is 0 Å². The molecule has 1 aromatic heterocycles. The Balaban J connectivity index is 1.34. The minimum Gasteiger partial charge on any atom is -0.340 e. The summed E-state index contributed by atoms with van der Waals surface area (Å²) < 4.78 is 27.5. The van der Waals surface area contributed by atoms with Crippen molar-refractivity contribution in [1.82, 2.24) is 19.5 Å². The molecular formula is C27H28N4O5S. The third-order valence-corrected chi connectivity index (χ3v) is 8.85. The number of benzene rings is 2. The van der Waals surface area contributed by atoms with E-state index in [4.69, 9.17) is 0 Å². The van der Waals surface area contributed by atoms with Gasteiger partial charge in [0.05, 0.1) is 12.6 Å². The van der Waals surface area contributed by atoms with Gasteiger partial charge in [0, 0.05) is 18.3 Å². The van der Waals surface area contributed by atoms with Crippen molar-refractivity contribution in [2.45, 2.75) is 49.3 Å². The van der Waals surface area contributed by atoms with E-state index in [0.29, 0.717) is 24.8 Å². The predicted octanol–water partition coefficient (Wildman–Crippen LogP) is 2.38. The van der Waals surface area contributed by atoms with Crippen LogP contribution in [0.4, 0.5) is 0 Å². The van der Waals surface area contributed by atoms with Crippen LogP contribution in [0.2, 0.25) is 0 Å². The number of sulfonamides is 1. The Kier molecular flexibility index (Phi) is 6.78. The van der Waals surface area contributed by atoms with Gasteiger partial charge in [0.2, 0.25) is 5.91 Å². The average molecular weight is 521 g/mol. The van der Waals surface area contributed by atoms with Crippen molar-refractivity contribution >= 4 is 38.4 Å². The summed E-state index contributed by atoms with van der Waals surface area (Å²) in [5, 5.41) is 4.65. The fourth-order valence-corrected chi connectivity index (χ4v) is 6.84. The molecule has 192 valence electrons. The number of Topliss-reactive ketones (excluding diaryl/α,β-unsaturated/α-hetero) is 1. The first-order chi connectivity index (χ1) is 17.8. The van der Waals surface area contributed by atoms with Crippen molar-refractivity contribution in [1.29, 1.82) is 0 Å². The molecule has 2 saturated heterocycles. The summed E-state index contributed by atoms with van der Waals surface area (Å²) in [6, 6.07) is 15.3. The number of pyridine rings is 1. The topological polar surface area (TPSA) is 117 Å². The van der Waals surface area contributed by atoms with E-state index in [1.807, 2.05) is 37.3 Å². The quantitative estimate of drug-likeness (QED) is 0.511. The van der Waals surface area contributed by atoms with Crippen LogP contribution in [0.25, 0.3) is 10.8 Å². The highest BCUT2D eigenvalue weighted by Crippen LogP contribution is 2.34. The third kappa shape index (κ3) is 4.62. The number of carbonyl (C=O) groups is 3. The number of ketones is 1. The van der Waals surface area contributed by atoms with Gasteiger partial charge in [-0.2, -0.15) is 4.31 Å². The lowest BCUT2D eigenvalue weighted by molar-refractivity contribution is -0.138. The van der Waals surface area contributed by atoms with Crippen LogP contribution < -0.4 is 5.32 Å². The molecule has 2 aliphatic heterocycles. The van der Waals surface area contributed by atoms with Gasteiger partial charge in [-0.15, -0.1) is 0 Å². The molecule has 37 heavy (non-hydrogen) atoms. The van der Waals surface area contributed by atoms with E-state index in [0.717, 1.165) is 15.1 Å². The van der Waals surface area contributed by atoms with Crippen molar-refractivity contribution < 1.29 is 22.8 Å². The van der Waals surface area contributed by atoms with Crippen molar-refractivity contribution in [3.63, 3.8) is 0 Å². The second-order valence-electron chi connectivity index (χ2n) is 9.39. The number of nitrogens with zero attached hydrogens (tertiary/aromatic N) is 3. The van der Waals surface area contributed by atoms with Gasteiger partial charge >= 0.3 is 0 Å². The Labute approximate surface area is 215 Å². The number of amides is 2. The number of likely N-dealkylation sites (tertiary alicyclic amines) is 1. The summed E-state index contributed by atoms with van der Waals surface area (Å²) in [7, 11) is -3.98. The SMILES string of the molecule is CCCC(NC(=O)c1ccc2ccccc2c1)C(=O)N1CCC2C1C(=O)CN2S(=O)(=O)c1ccccn1. The number of carbonyl (C=O) groups excluding carboxylic acids is 3. The van der Waals surface area contributed by atoms with Gasteiger partial charge in [-0.25, -0.2) is 13.4 Å². The number of rotatable bonds is 7. The van der Waals surface area contributed by atoms with E-state index in [-0.39, 0.29) is 35.7 Å². The lowest BCUT2D eigenvalue weighted by Gasteiger charge is -2.28. The maximum atomic E-state index is 13.6. The van der Waals surface area contributed by atoms with Crippen molar-refractivity contribution in [2.24, 2.45) is 0 Å². The highest BCUT2D eigenvalue weighted by Gasteiger charge is 2.54. The Hall–Kier alpha value is -3.63. The Morgan fingerprint density at radius 1 is 1.08 bits per heavy atom. The van der Waals surface area contributed by atoms with Gasteiger partial charge in [0.25, 0.3) is 15.9 Å². The second-order valence-corrected chi connectivity index (χ2v) is 11.2. The highest BCUT2D eigenvalue weighted by atomic mass is 32.2. The molecule has 3 unspecified atom stereocenters. The van der Waals surface area contributed by atoms with E-state index in [1.165, 1.54) is 17.2 Å². The van der Waals surface area contributed by atoms with Crippen LogP contribution in [0.5, 0.6) is 0 Å². The molecule has 3 atom stereocenters. The van der Waals surface area contributed by atoms with Gasteiger partial charge in [0.15, 0.2) is 10.8 Å². The van der Waals surface area contributed by atoms with Crippen molar-refractivity contribution in [3.8, 4) is 0 Å². The van der Waals surface area contributed by atoms with Crippen LogP contribution in [-0.2, 0) is 19.6 Å². The first-order valence-corrected chi connectivity index (χ1v) is 13.8. The lowest BCUT2D eigenvalue weighted by Crippen LogP contribution is -2.52. The van der Waals surface area contributed by atoms with Crippen molar-refractivity contribution in [2.75, 3.05) is 13.1 Å². The molecule has 5 rings (SSSR count). The zero-order chi connectivity index (χ0) is 26.2. The average Bonchev–Trinajstić information content (AvgIpc) is 3.49. The van der Waals surface area contributed by atoms with Gasteiger partial charge in [0.1, 0.15) is 12.1 Å². The molecule has 2 amide bonds. The molecule has 2 aromatic carbocycles. The summed E-state index contributed by atoms with van der Waals surface area (Å²) in [4.78, 5) is 45.1. The smallest absolute Gasteiger partial charge is 0.261 e. The maximum absolute atomic E-state index is 13.6. The molecule has 2 aliphatic rings. The largest absolute Gasteiger partial charge is 0.340 e. The Morgan fingerprint density at radius 3 is 2.57 bits per heavy atom. The number of fused-ring (bicyclic) bond motifs is 2. The van der Waals surface area contributed by atoms with E-state index in [9.17, 15) is 22.8 Å². The van der Waals surface area contributed by atoms with Crippen molar-refractivity contribution in [3.05, 3.63) is 72.4 Å². The number of aromatic nitrogens is 1. The maximum Gasteiger partial charge on any atom is 0.261 e. The second kappa shape index (κ2) is 10.0. The molecule has 3 aromatic rings. The minimum atomic E-state index is -3.98. The zero-order valence-corrected chi connectivity index (χ0v) is 21.2. The minimum absolute atomic E-state index is 0.125. The zero-order valence-electron chi connectivity index (χ0n) is 20.4. The fourth-order valence-electron chi connectivity index (χ4n) is 5.28. The fraction of sp³-hybridized carbons (Fsp3) is 0.333. The van der Waals surface area contributed by atoms with E-state index in [2.05, 4.69) is 10.3 Å². The van der Waals surface area contributed by atoms with E-state index >= 15 is 0 Å². The molecular weight excluding hydrogens is 492 g/mol. The van der Waals surface area contributed by atoms with Crippen LogP contribution in [0, 0.1) is 0 Å². The molecule has 10 heteroatoms. The van der Waals surface area contributed by atoms with Gasteiger partial charge in [-0.3, -0.25) is 14.4 Å². The molecule has 0 bridgehead atoms. The summed E-state index contributed by atoms with van der Waals surface area (Å²) in [6.45, 7) is 1.84. The van der Waals surface area contributed by atoms with Crippen LogP contribution >= 0.6 is 0 Å². The Morgan fingerprint density at radius 2 is 1.84 bits per heavy atom. The van der Waals surface area contributed by atoms with Crippen LogP contribution in [0.1, 0.15) is 36.5 Å². The summed E-state index contributed by atoms with van der Waals surface area (Å²) in [5.41, 5.74) is 0.441. The predicted molar refractivity (Wildman–Crippen MR) is 137 cm³/mol. The molecule has 1 N–H and O–H groups in total. The molecule has 9 nitrogen and oxygen atoms in total. The van der Waals surface area contributed by atoms with Crippen LogP contribution in [-0.4, -0.2) is 71.4 Å². The van der Waals surface area contributed by atoms with Crippen LogP contribution in [0.15, 0.2) is 71.9 Å². The molecule has 2 fully saturated rings. The summed E-state index contributed by atoms with van der Waals surface area (Å²) in [5.74, 6) is -1.06. The first kappa shape index (κ1) is 25.0.